The van der Waals surface area contributed by atoms with Gasteiger partial charge in [-0.2, -0.15) is 0 Å². The molecule has 0 radical (unpaired) electrons. The van der Waals surface area contributed by atoms with Crippen molar-refractivity contribution in [2.24, 2.45) is 0 Å². The number of nitrogens with zero attached hydrogens (tertiary/aromatic N) is 1. The molecule has 4 nitrogen and oxygen atoms in total. The molecule has 2 rings (SSSR count). The number of rotatable bonds is 3. The number of benzene rings is 1. The molecule has 17 heavy (non-hydrogen) atoms. The summed E-state index contributed by atoms with van der Waals surface area (Å²) in [6, 6.07) is 10.3. The van der Waals surface area contributed by atoms with Crippen LogP contribution in [-0.2, 0) is 0 Å². The van der Waals surface area contributed by atoms with Crippen LogP contribution in [0.4, 0.5) is 0 Å². The van der Waals surface area contributed by atoms with E-state index in [1.54, 1.807) is 0 Å². The van der Waals surface area contributed by atoms with Crippen molar-refractivity contribution in [2.45, 2.75) is 6.92 Å². The smallest absolute Gasteiger partial charge is 0.335 e. The van der Waals surface area contributed by atoms with E-state index < -0.39 is 5.97 Å². The number of carboxylic acid groups (broad SMARTS) is 1. The van der Waals surface area contributed by atoms with Crippen LogP contribution in [0.5, 0.6) is 11.6 Å². The largest absolute Gasteiger partial charge is 0.478 e. The van der Waals surface area contributed by atoms with E-state index in [-0.39, 0.29) is 11.4 Å². The summed E-state index contributed by atoms with van der Waals surface area (Å²) in [4.78, 5) is 14.8. The van der Waals surface area contributed by atoms with Gasteiger partial charge in [-0.25, -0.2) is 9.78 Å². The van der Waals surface area contributed by atoms with E-state index in [1.807, 2.05) is 31.2 Å². The molecule has 0 unspecified atom stereocenters. The van der Waals surface area contributed by atoms with Crippen LogP contribution in [0.1, 0.15) is 15.9 Å². The van der Waals surface area contributed by atoms with Crippen LogP contribution in [0.15, 0.2) is 42.6 Å². The van der Waals surface area contributed by atoms with Crippen LogP contribution in [0.3, 0.4) is 0 Å². The lowest BCUT2D eigenvalue weighted by molar-refractivity contribution is 0.0696. The lowest BCUT2D eigenvalue weighted by Gasteiger charge is -2.07. The summed E-state index contributed by atoms with van der Waals surface area (Å²) in [5.41, 5.74) is 1.12. The predicted octanol–water partition coefficient (Wildman–Crippen LogP) is 2.88. The zero-order valence-electron chi connectivity index (χ0n) is 9.25. The van der Waals surface area contributed by atoms with Gasteiger partial charge in [0, 0.05) is 12.3 Å². The Morgan fingerprint density at radius 2 is 2.06 bits per heavy atom. The van der Waals surface area contributed by atoms with Crippen molar-refractivity contribution in [3.63, 3.8) is 0 Å². The molecule has 86 valence electrons. The first kappa shape index (κ1) is 11.1. The average Bonchev–Trinajstić information content (AvgIpc) is 2.32. The van der Waals surface area contributed by atoms with Gasteiger partial charge in [-0.3, -0.25) is 0 Å². The van der Waals surface area contributed by atoms with Gasteiger partial charge in [-0.15, -0.1) is 0 Å². The normalized spacial score (nSPS) is 9.94. The quantitative estimate of drug-likeness (QED) is 0.879. The Morgan fingerprint density at radius 1 is 1.29 bits per heavy atom. The predicted molar refractivity (Wildman–Crippen MR) is 62.4 cm³/mol. The van der Waals surface area contributed by atoms with Crippen LogP contribution in [0.25, 0.3) is 0 Å². The third-order valence-electron chi connectivity index (χ3n) is 2.29. The lowest BCUT2D eigenvalue weighted by Crippen LogP contribution is -1.98. The molecule has 0 fully saturated rings. The Balaban J connectivity index is 2.28. The Morgan fingerprint density at radius 3 is 2.76 bits per heavy atom. The van der Waals surface area contributed by atoms with E-state index in [4.69, 9.17) is 9.84 Å². The fourth-order valence-corrected chi connectivity index (χ4v) is 1.38. The second-order valence-electron chi connectivity index (χ2n) is 3.56. The topological polar surface area (TPSA) is 59.4 Å². The number of carboxylic acids is 1. The number of aromatic carboxylic acids is 1. The first-order valence-corrected chi connectivity index (χ1v) is 5.09. The SMILES string of the molecule is Cc1ccccc1Oc1cc(C(=O)O)ccn1. The molecule has 1 aromatic carbocycles. The minimum atomic E-state index is -0.998. The highest BCUT2D eigenvalue weighted by atomic mass is 16.5. The highest BCUT2D eigenvalue weighted by Crippen LogP contribution is 2.23. The minimum Gasteiger partial charge on any atom is -0.478 e. The summed E-state index contributed by atoms with van der Waals surface area (Å²) in [5.74, 6) is -0.0521. The van der Waals surface area contributed by atoms with E-state index in [9.17, 15) is 4.79 Å². The molecule has 0 bridgehead atoms. The Bertz CT molecular complexity index is 552. The minimum absolute atomic E-state index is 0.156. The van der Waals surface area contributed by atoms with Gasteiger partial charge < -0.3 is 9.84 Å². The molecule has 0 atom stereocenters. The molecule has 0 aliphatic rings. The molecule has 1 heterocycles. The second kappa shape index (κ2) is 4.65. The molecule has 0 spiro atoms. The van der Waals surface area contributed by atoms with Gasteiger partial charge in [-0.05, 0) is 24.6 Å². The molecular formula is C13H11NO3. The fraction of sp³-hybridized carbons (Fsp3) is 0.0769. The maximum absolute atomic E-state index is 10.8. The third kappa shape index (κ3) is 2.60. The molecule has 0 amide bonds. The summed E-state index contributed by atoms with van der Waals surface area (Å²) < 4.78 is 5.53. The van der Waals surface area contributed by atoms with Gasteiger partial charge in [0.15, 0.2) is 0 Å². The Labute approximate surface area is 98.5 Å². The Hall–Kier alpha value is -2.36. The van der Waals surface area contributed by atoms with Crippen LogP contribution in [-0.4, -0.2) is 16.1 Å². The van der Waals surface area contributed by atoms with Crippen LogP contribution >= 0.6 is 0 Å². The first-order chi connectivity index (χ1) is 8.16. The number of ether oxygens (including phenoxy) is 1. The van der Waals surface area contributed by atoms with E-state index in [0.29, 0.717) is 5.75 Å². The molecule has 2 aromatic rings. The molecule has 1 N–H and O–H groups in total. The third-order valence-corrected chi connectivity index (χ3v) is 2.29. The van der Waals surface area contributed by atoms with Crippen LogP contribution in [0, 0.1) is 6.92 Å². The number of aromatic nitrogens is 1. The van der Waals surface area contributed by atoms with Gasteiger partial charge in [0.2, 0.25) is 5.88 Å². The van der Waals surface area contributed by atoms with Gasteiger partial charge in [0.1, 0.15) is 5.75 Å². The zero-order valence-corrected chi connectivity index (χ0v) is 9.25. The molecule has 1 aromatic heterocycles. The maximum Gasteiger partial charge on any atom is 0.335 e. The molecule has 0 aliphatic carbocycles. The fourth-order valence-electron chi connectivity index (χ4n) is 1.38. The molecule has 4 heteroatoms. The Kier molecular flexibility index (Phi) is 3.05. The molecule has 0 aliphatic heterocycles. The standard InChI is InChI=1S/C13H11NO3/c1-9-4-2-3-5-11(9)17-12-8-10(13(15)16)6-7-14-12/h2-8H,1H3,(H,15,16). The monoisotopic (exact) mass is 229 g/mol. The highest BCUT2D eigenvalue weighted by molar-refractivity contribution is 5.87. The van der Waals surface area contributed by atoms with Gasteiger partial charge in [0.05, 0.1) is 5.56 Å². The number of carbonyl (C=O) groups is 1. The van der Waals surface area contributed by atoms with Crippen molar-refractivity contribution in [1.82, 2.24) is 4.98 Å². The molecule has 0 saturated heterocycles. The zero-order chi connectivity index (χ0) is 12.3. The number of para-hydroxylation sites is 1. The van der Waals surface area contributed by atoms with E-state index >= 15 is 0 Å². The van der Waals surface area contributed by atoms with Crippen molar-refractivity contribution < 1.29 is 14.6 Å². The summed E-state index contributed by atoms with van der Waals surface area (Å²) >= 11 is 0. The van der Waals surface area contributed by atoms with Crippen LogP contribution < -0.4 is 4.74 Å². The summed E-state index contributed by atoms with van der Waals surface area (Å²) in [7, 11) is 0. The van der Waals surface area contributed by atoms with Gasteiger partial charge in [-0.1, -0.05) is 18.2 Å². The van der Waals surface area contributed by atoms with Gasteiger partial charge in [0.25, 0.3) is 0 Å². The number of hydrogen-bond acceptors (Lipinski definition) is 3. The van der Waals surface area contributed by atoms with E-state index in [2.05, 4.69) is 4.98 Å². The highest BCUT2D eigenvalue weighted by Gasteiger charge is 2.06. The maximum atomic E-state index is 10.8. The second-order valence-corrected chi connectivity index (χ2v) is 3.56. The van der Waals surface area contributed by atoms with Gasteiger partial charge >= 0.3 is 5.97 Å². The van der Waals surface area contributed by atoms with Crippen LogP contribution in [0.2, 0.25) is 0 Å². The van der Waals surface area contributed by atoms with Crippen molar-refractivity contribution in [1.29, 1.82) is 0 Å². The summed E-state index contributed by atoms with van der Waals surface area (Å²) in [6.07, 6.45) is 1.41. The summed E-state index contributed by atoms with van der Waals surface area (Å²) in [6.45, 7) is 1.91. The summed E-state index contributed by atoms with van der Waals surface area (Å²) in [5, 5.41) is 8.85. The number of pyridine rings is 1. The van der Waals surface area contributed by atoms with E-state index in [1.165, 1.54) is 18.3 Å². The van der Waals surface area contributed by atoms with Crippen molar-refractivity contribution >= 4 is 5.97 Å². The lowest BCUT2D eigenvalue weighted by atomic mass is 10.2. The van der Waals surface area contributed by atoms with Crippen molar-refractivity contribution in [2.75, 3.05) is 0 Å². The number of aryl methyl sites for hydroxylation is 1. The van der Waals surface area contributed by atoms with Crippen molar-refractivity contribution in [3.05, 3.63) is 53.7 Å². The molecule has 0 saturated carbocycles. The average molecular weight is 229 g/mol. The molecular weight excluding hydrogens is 218 g/mol. The van der Waals surface area contributed by atoms with Crippen molar-refractivity contribution in [3.8, 4) is 11.6 Å². The van der Waals surface area contributed by atoms with E-state index in [0.717, 1.165) is 5.56 Å². The first-order valence-electron chi connectivity index (χ1n) is 5.09. The number of hydrogen-bond donors (Lipinski definition) is 1.